The Hall–Kier alpha value is -1.90. The van der Waals surface area contributed by atoms with Gasteiger partial charge in [-0.05, 0) is 18.2 Å². The standard InChI is InChI=1S/C12H14N2O3/c1-16-11(17-2)8-14-12(15)10-5-3-4-9(6-10)7-13/h3-6,11H,8H2,1-2H3,(H,14,15). The van der Waals surface area contributed by atoms with Gasteiger partial charge in [0.05, 0.1) is 18.2 Å². The first-order valence-corrected chi connectivity index (χ1v) is 5.05. The van der Waals surface area contributed by atoms with E-state index in [-0.39, 0.29) is 12.5 Å². The highest BCUT2D eigenvalue weighted by atomic mass is 16.7. The van der Waals surface area contributed by atoms with E-state index in [1.165, 1.54) is 20.3 Å². The molecule has 0 fully saturated rings. The zero-order chi connectivity index (χ0) is 12.7. The molecule has 1 amide bonds. The van der Waals surface area contributed by atoms with Crippen molar-refractivity contribution in [2.45, 2.75) is 6.29 Å². The maximum absolute atomic E-state index is 11.7. The summed E-state index contributed by atoms with van der Waals surface area (Å²) in [5.41, 5.74) is 0.891. The molecule has 17 heavy (non-hydrogen) atoms. The molecule has 5 nitrogen and oxygen atoms in total. The lowest BCUT2D eigenvalue weighted by molar-refractivity contribution is -0.0974. The molecule has 1 aromatic rings. The van der Waals surface area contributed by atoms with E-state index < -0.39 is 6.29 Å². The Morgan fingerprint density at radius 1 is 1.47 bits per heavy atom. The smallest absolute Gasteiger partial charge is 0.251 e. The molecule has 0 aliphatic rings. The normalized spacial score (nSPS) is 10.0. The summed E-state index contributed by atoms with van der Waals surface area (Å²) in [6.07, 6.45) is -0.474. The van der Waals surface area contributed by atoms with E-state index in [0.717, 1.165) is 0 Å². The molecule has 1 N–H and O–H groups in total. The van der Waals surface area contributed by atoms with Gasteiger partial charge in [0.1, 0.15) is 0 Å². The van der Waals surface area contributed by atoms with Gasteiger partial charge in [0, 0.05) is 19.8 Å². The molecule has 0 unspecified atom stereocenters. The Kier molecular flexibility index (Phi) is 5.14. The van der Waals surface area contributed by atoms with Crippen LogP contribution in [0.2, 0.25) is 0 Å². The number of methoxy groups -OCH3 is 2. The van der Waals surface area contributed by atoms with Crippen LogP contribution in [0.4, 0.5) is 0 Å². The molecule has 1 aromatic carbocycles. The van der Waals surface area contributed by atoms with Crippen LogP contribution < -0.4 is 5.32 Å². The van der Waals surface area contributed by atoms with E-state index in [1.807, 2.05) is 6.07 Å². The minimum absolute atomic E-state index is 0.253. The second-order valence-electron chi connectivity index (χ2n) is 3.30. The third-order valence-corrected chi connectivity index (χ3v) is 2.21. The minimum atomic E-state index is -0.474. The van der Waals surface area contributed by atoms with Crippen molar-refractivity contribution in [3.8, 4) is 6.07 Å². The van der Waals surface area contributed by atoms with Crippen LogP contribution in [0.1, 0.15) is 15.9 Å². The first kappa shape index (κ1) is 13.2. The topological polar surface area (TPSA) is 71.3 Å². The van der Waals surface area contributed by atoms with Gasteiger partial charge in [-0.3, -0.25) is 4.79 Å². The van der Waals surface area contributed by atoms with Crippen LogP contribution in [0.25, 0.3) is 0 Å². The van der Waals surface area contributed by atoms with Crippen LogP contribution in [-0.2, 0) is 9.47 Å². The SMILES string of the molecule is COC(CNC(=O)c1cccc(C#N)c1)OC. The van der Waals surface area contributed by atoms with Crippen LogP contribution in [0.15, 0.2) is 24.3 Å². The summed E-state index contributed by atoms with van der Waals surface area (Å²) in [6.45, 7) is 0.253. The van der Waals surface area contributed by atoms with Crippen LogP contribution >= 0.6 is 0 Å². The number of carbonyl (C=O) groups is 1. The fraction of sp³-hybridized carbons (Fsp3) is 0.333. The fourth-order valence-electron chi connectivity index (χ4n) is 1.27. The highest BCUT2D eigenvalue weighted by molar-refractivity contribution is 5.94. The molecule has 5 heteroatoms. The molecule has 0 aliphatic heterocycles. The number of nitrogens with one attached hydrogen (secondary N) is 1. The lowest BCUT2D eigenvalue weighted by Gasteiger charge is -2.13. The quantitative estimate of drug-likeness (QED) is 0.768. The summed E-state index contributed by atoms with van der Waals surface area (Å²) in [4.78, 5) is 11.7. The number of nitrogens with zero attached hydrogens (tertiary/aromatic N) is 1. The Balaban J connectivity index is 2.61. The van der Waals surface area contributed by atoms with Crippen molar-refractivity contribution in [1.29, 1.82) is 5.26 Å². The molecule has 0 heterocycles. The first-order chi connectivity index (χ1) is 8.21. The number of rotatable bonds is 5. The largest absolute Gasteiger partial charge is 0.354 e. The van der Waals surface area contributed by atoms with E-state index in [1.54, 1.807) is 18.2 Å². The lowest BCUT2D eigenvalue weighted by atomic mass is 10.1. The summed E-state index contributed by atoms with van der Waals surface area (Å²) < 4.78 is 9.88. The van der Waals surface area contributed by atoms with E-state index in [4.69, 9.17) is 14.7 Å². The van der Waals surface area contributed by atoms with Crippen molar-refractivity contribution in [2.75, 3.05) is 20.8 Å². The molecule has 90 valence electrons. The van der Waals surface area contributed by atoms with E-state index in [9.17, 15) is 4.79 Å². The molecular formula is C12H14N2O3. The van der Waals surface area contributed by atoms with Crippen LogP contribution in [0, 0.1) is 11.3 Å². The van der Waals surface area contributed by atoms with E-state index >= 15 is 0 Å². The van der Waals surface area contributed by atoms with Crippen LogP contribution in [0.3, 0.4) is 0 Å². The van der Waals surface area contributed by atoms with Crippen molar-refractivity contribution < 1.29 is 14.3 Å². The third-order valence-electron chi connectivity index (χ3n) is 2.21. The Bertz CT molecular complexity index is 422. The number of hydrogen-bond donors (Lipinski definition) is 1. The highest BCUT2D eigenvalue weighted by Crippen LogP contribution is 2.04. The molecule has 0 saturated heterocycles. The van der Waals surface area contributed by atoms with Gasteiger partial charge in [-0.2, -0.15) is 5.26 Å². The second kappa shape index (κ2) is 6.63. The van der Waals surface area contributed by atoms with Gasteiger partial charge in [-0.25, -0.2) is 0 Å². The average molecular weight is 234 g/mol. The fourth-order valence-corrected chi connectivity index (χ4v) is 1.27. The maximum Gasteiger partial charge on any atom is 0.251 e. The van der Waals surface area contributed by atoms with Gasteiger partial charge < -0.3 is 14.8 Å². The summed E-state index contributed by atoms with van der Waals surface area (Å²) in [5.74, 6) is -0.263. The number of hydrogen-bond acceptors (Lipinski definition) is 4. The zero-order valence-corrected chi connectivity index (χ0v) is 9.77. The molecule has 1 rings (SSSR count). The van der Waals surface area contributed by atoms with Gasteiger partial charge in [-0.15, -0.1) is 0 Å². The van der Waals surface area contributed by atoms with Gasteiger partial charge in [0.2, 0.25) is 0 Å². The number of ether oxygens (including phenoxy) is 2. The van der Waals surface area contributed by atoms with Crippen molar-refractivity contribution in [3.05, 3.63) is 35.4 Å². The van der Waals surface area contributed by atoms with Gasteiger partial charge in [0.15, 0.2) is 6.29 Å². The van der Waals surface area contributed by atoms with Crippen LogP contribution in [0.5, 0.6) is 0 Å². The molecule has 0 spiro atoms. The molecular weight excluding hydrogens is 220 g/mol. The van der Waals surface area contributed by atoms with Gasteiger partial charge in [0.25, 0.3) is 5.91 Å². The molecule has 0 bridgehead atoms. The van der Waals surface area contributed by atoms with E-state index in [0.29, 0.717) is 11.1 Å². The average Bonchev–Trinajstić information content (AvgIpc) is 2.39. The van der Waals surface area contributed by atoms with Crippen LogP contribution in [-0.4, -0.2) is 33.0 Å². The number of amides is 1. The molecule has 0 aliphatic carbocycles. The predicted octanol–water partition coefficient (Wildman–Crippen LogP) is 0.907. The van der Waals surface area contributed by atoms with E-state index in [2.05, 4.69) is 5.32 Å². The monoisotopic (exact) mass is 234 g/mol. The van der Waals surface area contributed by atoms with Crippen molar-refractivity contribution in [1.82, 2.24) is 5.32 Å². The zero-order valence-electron chi connectivity index (χ0n) is 9.77. The summed E-state index contributed by atoms with van der Waals surface area (Å²) >= 11 is 0. The van der Waals surface area contributed by atoms with Gasteiger partial charge in [-0.1, -0.05) is 6.07 Å². The number of carbonyl (C=O) groups excluding carboxylic acids is 1. The minimum Gasteiger partial charge on any atom is -0.354 e. The Morgan fingerprint density at radius 2 is 2.18 bits per heavy atom. The number of benzene rings is 1. The maximum atomic E-state index is 11.7. The number of nitriles is 1. The second-order valence-corrected chi connectivity index (χ2v) is 3.30. The highest BCUT2D eigenvalue weighted by Gasteiger charge is 2.09. The molecule has 0 saturated carbocycles. The van der Waals surface area contributed by atoms with Gasteiger partial charge >= 0.3 is 0 Å². The molecule has 0 atom stereocenters. The Labute approximate surface area is 100.0 Å². The van der Waals surface area contributed by atoms with Crippen molar-refractivity contribution in [2.24, 2.45) is 0 Å². The summed E-state index contributed by atoms with van der Waals surface area (Å²) in [7, 11) is 2.99. The lowest BCUT2D eigenvalue weighted by Crippen LogP contribution is -2.34. The summed E-state index contributed by atoms with van der Waals surface area (Å²) in [5, 5.41) is 11.4. The first-order valence-electron chi connectivity index (χ1n) is 5.05. The molecule has 0 aromatic heterocycles. The summed E-state index contributed by atoms with van der Waals surface area (Å²) in [6, 6.07) is 8.46. The van der Waals surface area contributed by atoms with Crippen molar-refractivity contribution >= 4 is 5.91 Å². The predicted molar refractivity (Wildman–Crippen MR) is 61.3 cm³/mol. The van der Waals surface area contributed by atoms with Crippen molar-refractivity contribution in [3.63, 3.8) is 0 Å². The molecule has 0 radical (unpaired) electrons. The Morgan fingerprint density at radius 3 is 2.76 bits per heavy atom. The third kappa shape index (κ3) is 3.87.